The molecule has 3 aromatic rings. The van der Waals surface area contributed by atoms with Gasteiger partial charge in [0.05, 0.1) is 32.3 Å². The zero-order chi connectivity index (χ0) is 30.8. The van der Waals surface area contributed by atoms with Crippen LogP contribution in [0.15, 0.2) is 66.7 Å². The van der Waals surface area contributed by atoms with Gasteiger partial charge in [-0.2, -0.15) is 0 Å². The number of nitrogens with one attached hydrogen (secondary N) is 1. The van der Waals surface area contributed by atoms with Crippen molar-refractivity contribution in [2.24, 2.45) is 11.7 Å². The first-order valence-corrected chi connectivity index (χ1v) is 15.1. The van der Waals surface area contributed by atoms with Crippen molar-refractivity contribution in [2.75, 3.05) is 41.0 Å². The van der Waals surface area contributed by atoms with Crippen LogP contribution in [-0.4, -0.2) is 63.2 Å². The third-order valence-electron chi connectivity index (χ3n) is 9.65. The SMILES string of the molecule is CCC1(C2CCNC2)C(c2ccc(Cl)cc2)C(C(N)=O)(c2ccccc2)CCN1C(=O)c1cc(OC)c(OC)c(OC)c1.Cl. The molecule has 0 aliphatic carbocycles. The van der Waals surface area contributed by atoms with Crippen LogP contribution in [-0.2, 0) is 10.2 Å². The van der Waals surface area contributed by atoms with Crippen molar-refractivity contribution >= 4 is 35.8 Å². The molecule has 2 amide bonds. The number of methoxy groups -OCH3 is 3. The van der Waals surface area contributed by atoms with Gasteiger partial charge in [0.2, 0.25) is 11.7 Å². The zero-order valence-corrected chi connectivity index (χ0v) is 27.2. The minimum Gasteiger partial charge on any atom is -0.493 e. The number of piperidine rings is 1. The van der Waals surface area contributed by atoms with E-state index in [9.17, 15) is 9.59 Å². The highest BCUT2D eigenvalue weighted by atomic mass is 35.5. The van der Waals surface area contributed by atoms with Gasteiger partial charge >= 0.3 is 0 Å². The van der Waals surface area contributed by atoms with Gasteiger partial charge in [-0.15, -0.1) is 12.4 Å². The molecule has 0 saturated carbocycles. The van der Waals surface area contributed by atoms with Gasteiger partial charge in [-0.05, 0) is 67.1 Å². The quantitative estimate of drug-likeness (QED) is 0.315. The van der Waals surface area contributed by atoms with Crippen LogP contribution in [0.4, 0.5) is 0 Å². The number of carbonyl (C=O) groups excluding carboxylic acids is 2. The molecule has 3 N–H and O–H groups in total. The second kappa shape index (κ2) is 13.7. The third kappa shape index (κ3) is 5.37. The average Bonchev–Trinajstić information content (AvgIpc) is 3.59. The van der Waals surface area contributed by atoms with Crippen LogP contribution in [0.2, 0.25) is 5.02 Å². The van der Waals surface area contributed by atoms with Crippen LogP contribution in [0.25, 0.3) is 0 Å². The van der Waals surface area contributed by atoms with Gasteiger partial charge in [0.1, 0.15) is 0 Å². The Morgan fingerprint density at radius 1 is 1.00 bits per heavy atom. The number of primary amides is 1. The van der Waals surface area contributed by atoms with Crippen molar-refractivity contribution in [1.29, 1.82) is 0 Å². The monoisotopic (exact) mass is 641 g/mol. The first-order chi connectivity index (χ1) is 20.8. The lowest BCUT2D eigenvalue weighted by molar-refractivity contribution is -0.131. The fraction of sp³-hybridized carbons (Fsp3) is 0.412. The summed E-state index contributed by atoms with van der Waals surface area (Å²) in [6, 6.07) is 20.8. The third-order valence-corrected chi connectivity index (χ3v) is 9.90. The maximum atomic E-state index is 14.8. The first-order valence-electron chi connectivity index (χ1n) is 14.7. The number of amides is 2. The lowest BCUT2D eigenvalue weighted by Gasteiger charge is -2.61. The molecule has 2 aliphatic rings. The van der Waals surface area contributed by atoms with Crippen LogP contribution in [0.1, 0.15) is 53.6 Å². The summed E-state index contributed by atoms with van der Waals surface area (Å²) in [5.74, 6) is 0.241. The number of halogens is 2. The smallest absolute Gasteiger partial charge is 0.254 e. The Labute approximate surface area is 270 Å². The first kappa shape index (κ1) is 33.4. The number of carbonyl (C=O) groups is 2. The minimum absolute atomic E-state index is 0. The predicted molar refractivity (Wildman–Crippen MR) is 175 cm³/mol. The fourth-order valence-corrected chi connectivity index (χ4v) is 7.90. The molecule has 5 rings (SSSR count). The molecule has 0 aromatic heterocycles. The molecule has 2 saturated heterocycles. The Kier molecular flexibility index (Phi) is 10.4. The zero-order valence-electron chi connectivity index (χ0n) is 25.6. The average molecular weight is 643 g/mol. The van der Waals surface area contributed by atoms with Crippen molar-refractivity contribution < 1.29 is 23.8 Å². The summed E-state index contributed by atoms with van der Waals surface area (Å²) in [6.07, 6.45) is 1.81. The second-order valence-electron chi connectivity index (χ2n) is 11.3. The molecule has 2 fully saturated rings. The van der Waals surface area contributed by atoms with Crippen LogP contribution in [0.5, 0.6) is 17.2 Å². The molecule has 236 valence electrons. The topological polar surface area (TPSA) is 103 Å². The molecule has 0 spiro atoms. The molecule has 4 unspecified atom stereocenters. The molecule has 44 heavy (non-hydrogen) atoms. The molecule has 8 nitrogen and oxygen atoms in total. The number of hydrogen-bond donors (Lipinski definition) is 2. The van der Waals surface area contributed by atoms with Crippen molar-refractivity contribution in [3.05, 3.63) is 88.4 Å². The predicted octanol–water partition coefficient (Wildman–Crippen LogP) is 5.60. The highest BCUT2D eigenvalue weighted by Crippen LogP contribution is 2.58. The van der Waals surface area contributed by atoms with Gasteiger partial charge in [-0.3, -0.25) is 9.59 Å². The Morgan fingerprint density at radius 3 is 2.14 bits per heavy atom. The van der Waals surface area contributed by atoms with Gasteiger partial charge in [0.15, 0.2) is 11.5 Å². The molecule has 2 aliphatic heterocycles. The largest absolute Gasteiger partial charge is 0.493 e. The summed E-state index contributed by atoms with van der Waals surface area (Å²) in [5.41, 5.74) is 6.81. The van der Waals surface area contributed by atoms with Crippen LogP contribution in [0, 0.1) is 5.92 Å². The molecule has 10 heteroatoms. The number of benzene rings is 3. The van der Waals surface area contributed by atoms with Gasteiger partial charge in [-0.1, -0.05) is 61.0 Å². The summed E-state index contributed by atoms with van der Waals surface area (Å²) in [4.78, 5) is 30.8. The molecular formula is C34H41Cl2N3O5. The molecule has 4 atom stereocenters. The van der Waals surface area contributed by atoms with Crippen LogP contribution >= 0.6 is 24.0 Å². The Morgan fingerprint density at radius 2 is 1.64 bits per heavy atom. The van der Waals surface area contributed by atoms with E-state index < -0.39 is 22.8 Å². The van der Waals surface area contributed by atoms with Crippen LogP contribution in [0.3, 0.4) is 0 Å². The number of nitrogens with two attached hydrogens (primary N) is 1. The number of ether oxygens (including phenoxy) is 3. The van der Waals surface area contributed by atoms with Gasteiger partial charge in [-0.25, -0.2) is 0 Å². The summed E-state index contributed by atoms with van der Waals surface area (Å²) < 4.78 is 16.7. The molecule has 0 radical (unpaired) electrons. The maximum Gasteiger partial charge on any atom is 0.254 e. The minimum atomic E-state index is -1.07. The van der Waals surface area contributed by atoms with E-state index in [1.54, 1.807) is 12.1 Å². The summed E-state index contributed by atoms with van der Waals surface area (Å²) >= 11 is 6.37. The highest BCUT2D eigenvalue weighted by Gasteiger charge is 2.64. The normalized spacial score (nSPS) is 24.7. The number of nitrogens with zero attached hydrogens (tertiary/aromatic N) is 1. The van der Waals surface area contributed by atoms with Crippen molar-refractivity contribution in [3.8, 4) is 17.2 Å². The molecule has 0 bridgehead atoms. The molecule has 2 heterocycles. The highest BCUT2D eigenvalue weighted by molar-refractivity contribution is 6.30. The van der Waals surface area contributed by atoms with Gasteiger partial charge in [0, 0.05) is 29.6 Å². The fourth-order valence-electron chi connectivity index (χ4n) is 7.78. The molecular weight excluding hydrogens is 601 g/mol. The van der Waals surface area contributed by atoms with E-state index in [-0.39, 0.29) is 24.2 Å². The number of likely N-dealkylation sites (tertiary alicyclic amines) is 1. The van der Waals surface area contributed by atoms with Crippen molar-refractivity contribution in [2.45, 2.75) is 43.1 Å². The summed E-state index contributed by atoms with van der Waals surface area (Å²) in [6.45, 7) is 3.97. The number of rotatable bonds is 9. The Balaban J connectivity index is 0.00000442. The maximum absolute atomic E-state index is 14.8. The summed E-state index contributed by atoms with van der Waals surface area (Å²) in [7, 11) is 4.60. The van der Waals surface area contributed by atoms with E-state index in [1.807, 2.05) is 59.5 Å². The number of hydrogen-bond acceptors (Lipinski definition) is 6. The van der Waals surface area contributed by atoms with E-state index in [0.29, 0.717) is 53.8 Å². The van der Waals surface area contributed by atoms with E-state index in [1.165, 1.54) is 21.3 Å². The van der Waals surface area contributed by atoms with Gasteiger partial charge < -0.3 is 30.2 Å². The van der Waals surface area contributed by atoms with Crippen molar-refractivity contribution in [1.82, 2.24) is 10.2 Å². The standard InChI is InChI=1S/C34H40ClN3O5.ClH/c1-5-34(25-15-17-37-21-25)30(22-11-13-26(35)14-12-22)33(32(36)40,24-9-7-6-8-10-24)16-18-38(34)31(39)23-19-27(41-2)29(43-4)28(20-23)42-3;/h6-14,19-20,25,30,37H,5,15-18,21H2,1-4H3,(H2,36,40);1H. The Bertz CT molecular complexity index is 1440. The van der Waals surface area contributed by atoms with E-state index in [4.69, 9.17) is 31.5 Å². The van der Waals surface area contributed by atoms with E-state index in [2.05, 4.69) is 12.2 Å². The van der Waals surface area contributed by atoms with E-state index in [0.717, 1.165) is 24.1 Å². The van der Waals surface area contributed by atoms with Crippen molar-refractivity contribution in [3.63, 3.8) is 0 Å². The molecule has 3 aromatic carbocycles. The second-order valence-corrected chi connectivity index (χ2v) is 11.8. The lowest BCUT2D eigenvalue weighted by Crippen LogP contribution is -2.70. The van der Waals surface area contributed by atoms with E-state index >= 15 is 0 Å². The lowest BCUT2D eigenvalue weighted by atomic mass is 9.51. The van der Waals surface area contributed by atoms with Crippen LogP contribution < -0.4 is 25.3 Å². The van der Waals surface area contributed by atoms with Gasteiger partial charge in [0.25, 0.3) is 5.91 Å². The summed E-state index contributed by atoms with van der Waals surface area (Å²) in [5, 5.41) is 4.12. The Hall–Kier alpha value is -3.46.